The van der Waals surface area contributed by atoms with E-state index in [1.807, 2.05) is 0 Å². The Kier molecular flexibility index (Phi) is 2.58. The second-order valence-electron chi connectivity index (χ2n) is 2.73. The highest BCUT2D eigenvalue weighted by atomic mass is 19.4. The van der Waals surface area contributed by atoms with E-state index in [9.17, 15) is 26.3 Å². The van der Waals surface area contributed by atoms with Crippen LogP contribution in [0.25, 0.3) is 0 Å². The van der Waals surface area contributed by atoms with E-state index in [1.54, 1.807) is 0 Å². The number of halogens is 6. The summed E-state index contributed by atoms with van der Waals surface area (Å²) in [6, 6.07) is 0.353. The zero-order valence-corrected chi connectivity index (χ0v) is 7.02. The molecule has 0 saturated carbocycles. The van der Waals surface area contributed by atoms with E-state index in [0.717, 1.165) is 0 Å². The Bertz CT molecular complexity index is 349. The molecule has 1 heterocycles. The van der Waals surface area contributed by atoms with E-state index >= 15 is 0 Å². The third kappa shape index (κ3) is 3.03. The van der Waals surface area contributed by atoms with E-state index in [0.29, 0.717) is 6.07 Å². The number of nitrogens with two attached hydrogens (primary N) is 1. The van der Waals surface area contributed by atoms with Crippen LogP contribution in [-0.4, -0.2) is 16.0 Å². The molecule has 0 aromatic carbocycles. The summed E-state index contributed by atoms with van der Waals surface area (Å²) in [5.74, 6) is -0.681. The van der Waals surface area contributed by atoms with Gasteiger partial charge in [0.25, 0.3) is 0 Å². The van der Waals surface area contributed by atoms with Gasteiger partial charge in [0.1, 0.15) is 12.4 Å². The van der Waals surface area contributed by atoms with Crippen molar-refractivity contribution in [1.29, 1.82) is 0 Å². The van der Waals surface area contributed by atoms with Gasteiger partial charge in [0.05, 0.1) is 0 Å². The summed E-state index contributed by atoms with van der Waals surface area (Å²) in [7, 11) is 0. The summed E-state index contributed by atoms with van der Waals surface area (Å²) in [6.45, 7) is -1.64. The van der Waals surface area contributed by atoms with E-state index in [2.05, 4.69) is 5.10 Å². The lowest BCUT2D eigenvalue weighted by Crippen LogP contribution is -2.20. The van der Waals surface area contributed by atoms with Gasteiger partial charge in [-0.3, -0.25) is 0 Å². The fourth-order valence-electron chi connectivity index (χ4n) is 0.866. The molecule has 1 rings (SSSR count). The molecule has 0 spiro atoms. The van der Waals surface area contributed by atoms with E-state index in [-0.39, 0.29) is 4.68 Å². The van der Waals surface area contributed by atoms with E-state index < -0.39 is 30.4 Å². The predicted octanol–water partition coefficient (Wildman–Crippen LogP) is 2.05. The molecule has 0 aliphatic heterocycles. The molecule has 0 atom stereocenters. The van der Waals surface area contributed by atoms with Crippen molar-refractivity contribution in [2.24, 2.45) is 0 Å². The summed E-state index contributed by atoms with van der Waals surface area (Å²) >= 11 is 0. The molecule has 1 aromatic heterocycles. The Morgan fingerprint density at radius 1 is 1.20 bits per heavy atom. The maximum absolute atomic E-state index is 12.0. The van der Waals surface area contributed by atoms with Crippen LogP contribution in [0.5, 0.6) is 0 Å². The monoisotopic (exact) mass is 233 g/mol. The summed E-state index contributed by atoms with van der Waals surface area (Å²) < 4.78 is 71.6. The normalized spacial score (nSPS) is 13.2. The van der Waals surface area contributed by atoms with Crippen LogP contribution in [0.4, 0.5) is 32.2 Å². The lowest BCUT2D eigenvalue weighted by molar-refractivity contribution is -0.148. The molecule has 0 aliphatic rings. The highest BCUT2D eigenvalue weighted by Gasteiger charge is 2.36. The van der Waals surface area contributed by atoms with Gasteiger partial charge >= 0.3 is 12.4 Å². The van der Waals surface area contributed by atoms with Crippen LogP contribution in [0.2, 0.25) is 0 Å². The number of hydrogen-bond acceptors (Lipinski definition) is 2. The highest BCUT2D eigenvalue weighted by molar-refractivity contribution is 5.32. The van der Waals surface area contributed by atoms with Crippen molar-refractivity contribution >= 4 is 5.82 Å². The average molecular weight is 233 g/mol. The van der Waals surface area contributed by atoms with Gasteiger partial charge in [-0.05, 0) is 0 Å². The minimum atomic E-state index is -4.80. The lowest BCUT2D eigenvalue weighted by Gasteiger charge is -2.07. The smallest absolute Gasteiger partial charge is 0.384 e. The first-order valence-corrected chi connectivity index (χ1v) is 3.57. The third-order valence-electron chi connectivity index (χ3n) is 1.43. The summed E-state index contributed by atoms with van der Waals surface area (Å²) in [6.07, 6.45) is -9.46. The van der Waals surface area contributed by atoms with Crippen molar-refractivity contribution in [3.63, 3.8) is 0 Å². The minimum absolute atomic E-state index is 0.0584. The summed E-state index contributed by atoms with van der Waals surface area (Å²) in [5, 5.41) is 2.71. The molecule has 1 aromatic rings. The average Bonchev–Trinajstić information content (AvgIpc) is 2.27. The number of alkyl halides is 6. The van der Waals surface area contributed by atoms with Crippen LogP contribution in [0.1, 0.15) is 5.69 Å². The second-order valence-corrected chi connectivity index (χ2v) is 2.73. The molecule has 2 N–H and O–H groups in total. The van der Waals surface area contributed by atoms with Crippen LogP contribution in [0.15, 0.2) is 6.07 Å². The first-order valence-electron chi connectivity index (χ1n) is 3.57. The first-order chi connectivity index (χ1) is 6.59. The van der Waals surface area contributed by atoms with Crippen LogP contribution < -0.4 is 5.73 Å². The second kappa shape index (κ2) is 3.31. The molecule has 15 heavy (non-hydrogen) atoms. The Labute approximate surface area is 79.5 Å². The van der Waals surface area contributed by atoms with Crippen LogP contribution >= 0.6 is 0 Å². The van der Waals surface area contributed by atoms with Gasteiger partial charge in [0.2, 0.25) is 0 Å². The van der Waals surface area contributed by atoms with Crippen molar-refractivity contribution in [2.75, 3.05) is 5.73 Å². The van der Waals surface area contributed by atoms with Crippen molar-refractivity contribution in [3.8, 4) is 0 Å². The minimum Gasteiger partial charge on any atom is -0.384 e. The maximum Gasteiger partial charge on any atom is 0.435 e. The van der Waals surface area contributed by atoms with Gasteiger partial charge in [-0.15, -0.1) is 0 Å². The number of hydrogen-bond donors (Lipinski definition) is 1. The van der Waals surface area contributed by atoms with Gasteiger partial charge in [-0.25, -0.2) is 4.68 Å². The quantitative estimate of drug-likeness (QED) is 0.754. The molecule has 0 amide bonds. The Balaban J connectivity index is 2.97. The Morgan fingerprint density at radius 3 is 2.07 bits per heavy atom. The Hall–Kier alpha value is -1.41. The van der Waals surface area contributed by atoms with Gasteiger partial charge in [0, 0.05) is 6.07 Å². The zero-order valence-electron chi connectivity index (χ0n) is 7.02. The first kappa shape index (κ1) is 11.7. The lowest BCUT2D eigenvalue weighted by atomic mass is 10.4. The molecule has 0 aliphatic carbocycles. The SMILES string of the molecule is Nc1cc(C(F)(F)F)nn1CC(F)(F)F. The zero-order chi connectivity index (χ0) is 11.9. The van der Waals surface area contributed by atoms with Crippen molar-refractivity contribution in [1.82, 2.24) is 9.78 Å². The highest BCUT2D eigenvalue weighted by Crippen LogP contribution is 2.30. The molecule has 0 saturated heterocycles. The fraction of sp³-hybridized carbons (Fsp3) is 0.500. The predicted molar refractivity (Wildman–Crippen MR) is 37.7 cm³/mol. The molecule has 0 radical (unpaired) electrons. The molecule has 86 valence electrons. The van der Waals surface area contributed by atoms with Gasteiger partial charge < -0.3 is 5.73 Å². The standard InChI is InChI=1S/C6H5F6N3/c7-5(8,9)2-15-4(13)1-3(14-15)6(10,11)12/h1H,2,13H2. The van der Waals surface area contributed by atoms with Crippen LogP contribution in [0.3, 0.4) is 0 Å². The molecule has 0 bridgehead atoms. The van der Waals surface area contributed by atoms with E-state index in [1.165, 1.54) is 0 Å². The van der Waals surface area contributed by atoms with Gasteiger partial charge in [-0.1, -0.05) is 0 Å². The van der Waals surface area contributed by atoms with E-state index in [4.69, 9.17) is 5.73 Å². The molecule has 3 nitrogen and oxygen atoms in total. The largest absolute Gasteiger partial charge is 0.435 e. The van der Waals surface area contributed by atoms with Crippen molar-refractivity contribution in [2.45, 2.75) is 18.9 Å². The Morgan fingerprint density at radius 2 is 1.73 bits per heavy atom. The summed E-state index contributed by atoms with van der Waals surface area (Å²) in [5.41, 5.74) is 3.51. The third-order valence-corrected chi connectivity index (χ3v) is 1.43. The van der Waals surface area contributed by atoms with Crippen LogP contribution in [0, 0.1) is 0 Å². The molecule has 9 heteroatoms. The topological polar surface area (TPSA) is 43.8 Å². The molecule has 0 unspecified atom stereocenters. The maximum atomic E-state index is 12.0. The number of aromatic nitrogens is 2. The van der Waals surface area contributed by atoms with Crippen molar-refractivity contribution in [3.05, 3.63) is 11.8 Å². The molecular weight excluding hydrogens is 228 g/mol. The molecule has 0 fully saturated rings. The molecular formula is C6H5F6N3. The van der Waals surface area contributed by atoms with Gasteiger partial charge in [-0.2, -0.15) is 31.4 Å². The van der Waals surface area contributed by atoms with Crippen LogP contribution in [-0.2, 0) is 12.7 Å². The summed E-state index contributed by atoms with van der Waals surface area (Å²) in [4.78, 5) is 0. The van der Waals surface area contributed by atoms with Gasteiger partial charge in [0.15, 0.2) is 5.69 Å². The fourth-order valence-corrected chi connectivity index (χ4v) is 0.866. The van der Waals surface area contributed by atoms with Crippen molar-refractivity contribution < 1.29 is 26.3 Å². The number of anilines is 1. The number of nitrogen functional groups attached to an aromatic ring is 1. The number of rotatable bonds is 1. The number of nitrogens with zero attached hydrogens (tertiary/aromatic N) is 2.